The zero-order chi connectivity index (χ0) is 35.7. The Bertz CT molecular complexity index is 1710. The average molecular weight is 686 g/mol. The van der Waals surface area contributed by atoms with Crippen molar-refractivity contribution in [1.82, 2.24) is 14.8 Å². The summed E-state index contributed by atoms with van der Waals surface area (Å²) in [7, 11) is 3.51. The highest BCUT2D eigenvalue weighted by atomic mass is 19.4. The molecule has 1 aromatic heterocycles. The van der Waals surface area contributed by atoms with Crippen molar-refractivity contribution in [2.24, 2.45) is 5.92 Å². The molecule has 4 rings (SSSR count). The van der Waals surface area contributed by atoms with Gasteiger partial charge in [0, 0.05) is 43.1 Å². The lowest BCUT2D eigenvalue weighted by molar-refractivity contribution is -0.155. The maximum Gasteiger partial charge on any atom is 0.406 e. The van der Waals surface area contributed by atoms with Gasteiger partial charge in [-0.15, -0.1) is 0 Å². The number of nitrogens with one attached hydrogen (secondary N) is 3. The van der Waals surface area contributed by atoms with E-state index in [9.17, 15) is 27.6 Å². The highest BCUT2D eigenvalue weighted by Crippen LogP contribution is 2.32. The molecule has 1 aliphatic rings. The second kappa shape index (κ2) is 16.5. The second-order valence-electron chi connectivity index (χ2n) is 12.1. The Morgan fingerprint density at radius 3 is 2.53 bits per heavy atom. The number of likely N-dealkylation sites (tertiary alicyclic amines) is 1. The van der Waals surface area contributed by atoms with Gasteiger partial charge in [0.25, 0.3) is 5.91 Å². The van der Waals surface area contributed by atoms with Crippen LogP contribution in [-0.4, -0.2) is 92.6 Å². The third-order valence-corrected chi connectivity index (χ3v) is 8.08. The molecule has 1 saturated heterocycles. The van der Waals surface area contributed by atoms with Gasteiger partial charge in [-0.05, 0) is 68.2 Å². The SMILES string of the molecule is COc1cc(C(=O)NCC(COC(C)=O)OC(C)=O)ccc1NCC#Cc1cc2c(N[C@@H]3CCN(C)C[C@@H]3C)cccc2n1CC(F)(F)F. The van der Waals surface area contributed by atoms with Crippen LogP contribution in [0.1, 0.15) is 43.2 Å². The first-order valence-electron chi connectivity index (χ1n) is 15.9. The summed E-state index contributed by atoms with van der Waals surface area (Å²) in [6.07, 6.45) is -4.39. The van der Waals surface area contributed by atoms with Gasteiger partial charge in [-0.1, -0.05) is 18.9 Å². The van der Waals surface area contributed by atoms with Gasteiger partial charge in [-0.25, -0.2) is 0 Å². The molecule has 3 N–H and O–H groups in total. The standard InChI is InChI=1S/C35H42F3N5O6/c1-22-19-42(4)15-13-29(22)41-30-9-6-10-32-28(30)17-26(43(32)21-35(36,37)38)8-7-14-39-31-12-11-25(16-33(31)47-5)34(46)40-18-27(49-24(3)45)20-48-23(2)44/h6,9-12,16-17,22,27,29,39,41H,13-15,18-21H2,1-5H3,(H,40,46)/t22-,27?,29+/m0/s1. The van der Waals surface area contributed by atoms with E-state index in [0.717, 1.165) is 25.2 Å². The van der Waals surface area contributed by atoms with Gasteiger partial charge in [0.2, 0.25) is 0 Å². The first-order valence-corrected chi connectivity index (χ1v) is 15.9. The second-order valence-corrected chi connectivity index (χ2v) is 12.1. The largest absolute Gasteiger partial charge is 0.495 e. The van der Waals surface area contributed by atoms with Crippen LogP contribution in [0.15, 0.2) is 42.5 Å². The van der Waals surface area contributed by atoms with Gasteiger partial charge >= 0.3 is 18.1 Å². The van der Waals surface area contributed by atoms with Crippen molar-refractivity contribution < 1.29 is 41.8 Å². The molecule has 11 nitrogen and oxygen atoms in total. The number of amides is 1. The molecule has 1 amide bonds. The molecule has 2 heterocycles. The molecule has 0 saturated carbocycles. The number of nitrogens with zero attached hydrogens (tertiary/aromatic N) is 2. The lowest BCUT2D eigenvalue weighted by Gasteiger charge is -2.36. The summed E-state index contributed by atoms with van der Waals surface area (Å²) in [5, 5.41) is 9.99. The first kappa shape index (κ1) is 36.9. The number of alkyl halides is 3. The quantitative estimate of drug-likeness (QED) is 0.185. The number of aromatic nitrogens is 1. The van der Waals surface area contributed by atoms with E-state index in [1.165, 1.54) is 31.6 Å². The van der Waals surface area contributed by atoms with E-state index in [1.54, 1.807) is 30.3 Å². The monoisotopic (exact) mass is 685 g/mol. The third kappa shape index (κ3) is 10.5. The summed E-state index contributed by atoms with van der Waals surface area (Å²) in [6.45, 7) is 5.06. The minimum Gasteiger partial charge on any atom is -0.495 e. The molecule has 264 valence electrons. The normalized spacial score (nSPS) is 17.0. The molecule has 0 spiro atoms. The summed E-state index contributed by atoms with van der Waals surface area (Å²) in [6, 6.07) is 11.9. The molecule has 49 heavy (non-hydrogen) atoms. The number of hydrogen-bond donors (Lipinski definition) is 3. The highest BCUT2D eigenvalue weighted by Gasteiger charge is 2.30. The number of piperidine rings is 1. The maximum absolute atomic E-state index is 13.7. The Labute approximate surface area is 283 Å². The summed E-state index contributed by atoms with van der Waals surface area (Å²) < 4.78 is 57.7. The Morgan fingerprint density at radius 1 is 1.08 bits per heavy atom. The zero-order valence-electron chi connectivity index (χ0n) is 28.2. The molecule has 2 aromatic carbocycles. The van der Waals surface area contributed by atoms with Crippen LogP contribution in [0.2, 0.25) is 0 Å². The lowest BCUT2D eigenvalue weighted by atomic mass is 9.94. The highest BCUT2D eigenvalue weighted by molar-refractivity contribution is 5.95. The third-order valence-electron chi connectivity index (χ3n) is 8.08. The molecule has 0 aliphatic carbocycles. The molecule has 3 atom stereocenters. The van der Waals surface area contributed by atoms with E-state index >= 15 is 0 Å². The van der Waals surface area contributed by atoms with Crippen LogP contribution in [0.25, 0.3) is 10.9 Å². The maximum atomic E-state index is 13.7. The van der Waals surface area contributed by atoms with Crippen molar-refractivity contribution in [3.63, 3.8) is 0 Å². The zero-order valence-corrected chi connectivity index (χ0v) is 28.2. The number of rotatable bonds is 12. The minimum atomic E-state index is -4.45. The fraction of sp³-hybridized carbons (Fsp3) is 0.457. The smallest absolute Gasteiger partial charge is 0.406 e. The van der Waals surface area contributed by atoms with Crippen molar-refractivity contribution in [2.75, 3.05) is 57.6 Å². The van der Waals surface area contributed by atoms with Crippen LogP contribution in [0.4, 0.5) is 24.5 Å². The Hall–Kier alpha value is -4.90. The fourth-order valence-electron chi connectivity index (χ4n) is 5.77. The van der Waals surface area contributed by atoms with Crippen LogP contribution >= 0.6 is 0 Å². The predicted molar refractivity (Wildman–Crippen MR) is 180 cm³/mol. The van der Waals surface area contributed by atoms with Gasteiger partial charge < -0.3 is 39.6 Å². The van der Waals surface area contributed by atoms with Gasteiger partial charge in [-0.2, -0.15) is 13.2 Å². The number of esters is 2. The molecule has 3 aromatic rings. The van der Waals surface area contributed by atoms with E-state index in [-0.39, 0.29) is 37.0 Å². The van der Waals surface area contributed by atoms with E-state index in [2.05, 4.69) is 46.7 Å². The molecule has 1 unspecified atom stereocenters. The van der Waals surface area contributed by atoms with E-state index in [0.29, 0.717) is 28.3 Å². The van der Waals surface area contributed by atoms with E-state index in [1.807, 2.05) is 6.07 Å². The number of carbonyl (C=O) groups is 3. The number of carbonyl (C=O) groups excluding carboxylic acids is 3. The van der Waals surface area contributed by atoms with Crippen LogP contribution < -0.4 is 20.7 Å². The number of anilines is 2. The average Bonchev–Trinajstić information content (AvgIpc) is 3.37. The molecule has 14 heteroatoms. The van der Waals surface area contributed by atoms with Gasteiger partial charge in [0.15, 0.2) is 6.10 Å². The van der Waals surface area contributed by atoms with Crippen molar-refractivity contribution >= 4 is 40.1 Å². The van der Waals surface area contributed by atoms with Crippen LogP contribution in [0.3, 0.4) is 0 Å². The number of ether oxygens (including phenoxy) is 3. The van der Waals surface area contributed by atoms with Crippen molar-refractivity contribution in [3.05, 3.63) is 53.7 Å². The fourth-order valence-corrected chi connectivity index (χ4v) is 5.77. The Kier molecular flexibility index (Phi) is 12.4. The minimum absolute atomic E-state index is 0.0773. The number of benzene rings is 2. The summed E-state index contributed by atoms with van der Waals surface area (Å²) in [4.78, 5) is 37.6. The van der Waals surface area contributed by atoms with E-state index in [4.69, 9.17) is 14.2 Å². The molecule has 0 bridgehead atoms. The van der Waals surface area contributed by atoms with Gasteiger partial charge in [-0.3, -0.25) is 14.4 Å². The summed E-state index contributed by atoms with van der Waals surface area (Å²) in [5.74, 6) is 4.90. The summed E-state index contributed by atoms with van der Waals surface area (Å²) in [5.41, 5.74) is 2.22. The van der Waals surface area contributed by atoms with Crippen LogP contribution in [0.5, 0.6) is 5.75 Å². The molecular weight excluding hydrogens is 643 g/mol. The van der Waals surface area contributed by atoms with Crippen LogP contribution in [-0.2, 0) is 25.6 Å². The number of halogens is 3. The van der Waals surface area contributed by atoms with Crippen molar-refractivity contribution in [2.45, 2.75) is 52.1 Å². The van der Waals surface area contributed by atoms with Crippen LogP contribution in [0, 0.1) is 17.8 Å². The van der Waals surface area contributed by atoms with Crippen molar-refractivity contribution in [3.8, 4) is 17.6 Å². The van der Waals surface area contributed by atoms with E-state index < -0.39 is 36.7 Å². The predicted octanol–water partition coefficient (Wildman–Crippen LogP) is 4.65. The van der Waals surface area contributed by atoms with Gasteiger partial charge in [0.05, 0.1) is 37.1 Å². The molecule has 0 radical (unpaired) electrons. The number of hydrogen-bond acceptors (Lipinski definition) is 9. The number of fused-ring (bicyclic) bond motifs is 1. The number of methoxy groups -OCH3 is 1. The summed E-state index contributed by atoms with van der Waals surface area (Å²) >= 11 is 0. The Morgan fingerprint density at radius 2 is 1.86 bits per heavy atom. The lowest BCUT2D eigenvalue weighted by Crippen LogP contribution is -2.43. The molecular formula is C35H42F3N5O6. The Balaban J connectivity index is 1.47. The van der Waals surface area contributed by atoms with Gasteiger partial charge in [0.1, 0.15) is 18.9 Å². The molecule has 1 fully saturated rings. The topological polar surface area (TPSA) is 123 Å². The first-order chi connectivity index (χ1) is 23.2. The van der Waals surface area contributed by atoms with Crippen molar-refractivity contribution in [1.29, 1.82) is 0 Å². The molecule has 1 aliphatic heterocycles.